The average molecular weight is 358 g/mol. The second kappa shape index (κ2) is 6.49. The third-order valence-electron chi connectivity index (χ3n) is 3.92. The van der Waals surface area contributed by atoms with Gasteiger partial charge in [-0.05, 0) is 54.6 Å². The fourth-order valence-electron chi connectivity index (χ4n) is 2.68. The first-order chi connectivity index (χ1) is 11.4. The van der Waals surface area contributed by atoms with Gasteiger partial charge < -0.3 is 4.98 Å². The van der Waals surface area contributed by atoms with E-state index in [9.17, 15) is 8.42 Å². The highest BCUT2D eigenvalue weighted by atomic mass is 32.2. The minimum atomic E-state index is -3.18. The second-order valence-electron chi connectivity index (χ2n) is 5.77. The average Bonchev–Trinajstić information content (AvgIpc) is 2.96. The van der Waals surface area contributed by atoms with Gasteiger partial charge in [0.2, 0.25) is 0 Å². The normalized spacial score (nSPS) is 11.6. The van der Waals surface area contributed by atoms with Crippen LogP contribution in [0.4, 0.5) is 0 Å². The highest BCUT2D eigenvalue weighted by Gasteiger charge is 2.12. The fraction of sp³-hybridized carbons (Fsp3) is 0.158. The number of aryl methyl sites for hydroxylation is 1. The molecule has 0 spiro atoms. The van der Waals surface area contributed by atoms with Crippen LogP contribution in [0.15, 0.2) is 64.4 Å². The van der Waals surface area contributed by atoms with Crippen LogP contribution in [0.5, 0.6) is 0 Å². The van der Waals surface area contributed by atoms with Crippen molar-refractivity contribution in [2.75, 3.05) is 12.5 Å². The summed E-state index contributed by atoms with van der Waals surface area (Å²) in [6, 6.07) is 17.6. The summed E-state index contributed by atoms with van der Waals surface area (Å²) in [5, 5.41) is 0. The van der Waals surface area contributed by atoms with E-state index in [1.165, 1.54) is 11.2 Å². The molecule has 2 aromatic carbocycles. The van der Waals surface area contributed by atoms with Crippen LogP contribution in [0, 0.1) is 6.92 Å². The molecular formula is C19H19NO2S2. The summed E-state index contributed by atoms with van der Waals surface area (Å²) in [6.07, 6.45) is 3.28. The summed E-state index contributed by atoms with van der Waals surface area (Å²) in [6.45, 7) is 2.02. The number of sulfone groups is 1. The maximum atomic E-state index is 11.6. The molecule has 1 heterocycles. The first-order valence-corrected chi connectivity index (χ1v) is 10.6. The number of aromatic amines is 1. The number of aromatic nitrogens is 1. The molecule has 0 aliphatic rings. The lowest BCUT2D eigenvalue weighted by Crippen LogP contribution is -1.96. The molecule has 3 rings (SSSR count). The summed E-state index contributed by atoms with van der Waals surface area (Å²) in [7, 11) is -3.18. The molecular weight excluding hydrogens is 338 g/mol. The van der Waals surface area contributed by atoms with Crippen molar-refractivity contribution in [1.82, 2.24) is 4.98 Å². The molecule has 3 nitrogen and oxygen atoms in total. The maximum Gasteiger partial charge on any atom is 0.175 e. The van der Waals surface area contributed by atoms with Gasteiger partial charge in [-0.15, -0.1) is 11.8 Å². The first kappa shape index (κ1) is 16.9. The standard InChI is InChI=1S/C19H19NO2S2/c1-13-12-18(14-4-8-16(23-2)9-5-14)19(20-13)15-6-10-17(11-7-15)24(3,21)22/h4-12,20H,1-3H3. The van der Waals surface area contributed by atoms with Gasteiger partial charge in [0.1, 0.15) is 0 Å². The molecule has 0 aliphatic carbocycles. The van der Waals surface area contributed by atoms with Crippen molar-refractivity contribution >= 4 is 21.6 Å². The molecule has 0 atom stereocenters. The number of rotatable bonds is 4. The lowest BCUT2D eigenvalue weighted by atomic mass is 10.0. The van der Waals surface area contributed by atoms with Crippen molar-refractivity contribution in [2.24, 2.45) is 0 Å². The van der Waals surface area contributed by atoms with Gasteiger partial charge in [-0.1, -0.05) is 24.3 Å². The number of nitrogens with one attached hydrogen (secondary N) is 1. The molecule has 0 bridgehead atoms. The zero-order valence-electron chi connectivity index (χ0n) is 13.8. The smallest absolute Gasteiger partial charge is 0.175 e. The highest BCUT2D eigenvalue weighted by molar-refractivity contribution is 7.98. The minimum absolute atomic E-state index is 0.334. The molecule has 24 heavy (non-hydrogen) atoms. The number of H-pyrrole nitrogens is 1. The summed E-state index contributed by atoms with van der Waals surface area (Å²) in [5.41, 5.74) is 5.30. The summed E-state index contributed by atoms with van der Waals surface area (Å²) in [5.74, 6) is 0. The zero-order chi connectivity index (χ0) is 17.3. The van der Waals surface area contributed by atoms with E-state index in [-0.39, 0.29) is 0 Å². The van der Waals surface area contributed by atoms with Gasteiger partial charge in [-0.3, -0.25) is 0 Å². The molecule has 1 N–H and O–H groups in total. The Balaban J connectivity index is 2.05. The highest BCUT2D eigenvalue weighted by Crippen LogP contribution is 2.33. The van der Waals surface area contributed by atoms with E-state index in [0.29, 0.717) is 4.90 Å². The number of hydrogen-bond acceptors (Lipinski definition) is 3. The van der Waals surface area contributed by atoms with Crippen LogP contribution in [0.2, 0.25) is 0 Å². The number of hydrogen-bond donors (Lipinski definition) is 1. The Hall–Kier alpha value is -1.98. The van der Waals surface area contributed by atoms with Crippen molar-refractivity contribution < 1.29 is 8.42 Å². The Bertz CT molecular complexity index is 954. The molecule has 0 saturated heterocycles. The topological polar surface area (TPSA) is 49.9 Å². The van der Waals surface area contributed by atoms with E-state index in [1.54, 1.807) is 23.9 Å². The zero-order valence-corrected chi connectivity index (χ0v) is 15.5. The van der Waals surface area contributed by atoms with E-state index in [0.717, 1.165) is 28.1 Å². The maximum absolute atomic E-state index is 11.6. The van der Waals surface area contributed by atoms with Gasteiger partial charge in [-0.2, -0.15) is 0 Å². The predicted octanol–water partition coefficient (Wildman–Crippen LogP) is 4.78. The molecule has 0 unspecified atom stereocenters. The van der Waals surface area contributed by atoms with Crippen LogP contribution < -0.4 is 0 Å². The van der Waals surface area contributed by atoms with Crippen LogP contribution in [0.3, 0.4) is 0 Å². The molecule has 124 valence electrons. The van der Waals surface area contributed by atoms with Crippen LogP contribution in [-0.2, 0) is 9.84 Å². The second-order valence-corrected chi connectivity index (χ2v) is 8.66. The van der Waals surface area contributed by atoms with Gasteiger partial charge in [0.15, 0.2) is 9.84 Å². The van der Waals surface area contributed by atoms with Crippen molar-refractivity contribution in [3.05, 3.63) is 60.3 Å². The quantitative estimate of drug-likeness (QED) is 0.684. The molecule has 3 aromatic rings. The van der Waals surface area contributed by atoms with Crippen molar-refractivity contribution in [2.45, 2.75) is 16.7 Å². The van der Waals surface area contributed by atoms with E-state index >= 15 is 0 Å². The summed E-state index contributed by atoms with van der Waals surface area (Å²) in [4.78, 5) is 4.95. The van der Waals surface area contributed by atoms with Crippen LogP contribution in [0.25, 0.3) is 22.4 Å². The van der Waals surface area contributed by atoms with E-state index in [4.69, 9.17) is 0 Å². The third-order valence-corrected chi connectivity index (χ3v) is 5.80. The van der Waals surface area contributed by atoms with Crippen LogP contribution in [-0.4, -0.2) is 25.9 Å². The molecule has 0 fully saturated rings. The van der Waals surface area contributed by atoms with Crippen molar-refractivity contribution in [3.63, 3.8) is 0 Å². The monoisotopic (exact) mass is 357 g/mol. The lowest BCUT2D eigenvalue weighted by molar-refractivity contribution is 0.602. The summed E-state index contributed by atoms with van der Waals surface area (Å²) < 4.78 is 23.2. The Labute approximate surface area is 147 Å². The van der Waals surface area contributed by atoms with E-state index in [1.807, 2.05) is 19.1 Å². The minimum Gasteiger partial charge on any atom is -0.358 e. The van der Waals surface area contributed by atoms with E-state index < -0.39 is 9.84 Å². The molecule has 0 aliphatic heterocycles. The Morgan fingerprint density at radius 3 is 2.04 bits per heavy atom. The van der Waals surface area contributed by atoms with Gasteiger partial charge in [0, 0.05) is 22.4 Å². The van der Waals surface area contributed by atoms with Crippen molar-refractivity contribution in [1.29, 1.82) is 0 Å². The lowest BCUT2D eigenvalue weighted by Gasteiger charge is -2.07. The number of thioether (sulfide) groups is 1. The van der Waals surface area contributed by atoms with Crippen molar-refractivity contribution in [3.8, 4) is 22.4 Å². The Morgan fingerprint density at radius 2 is 1.50 bits per heavy atom. The molecule has 1 aromatic heterocycles. The Morgan fingerprint density at radius 1 is 0.917 bits per heavy atom. The largest absolute Gasteiger partial charge is 0.358 e. The first-order valence-electron chi connectivity index (χ1n) is 7.53. The van der Waals surface area contributed by atoms with Gasteiger partial charge in [0.05, 0.1) is 10.6 Å². The SMILES string of the molecule is CSc1ccc(-c2cc(C)[nH]c2-c2ccc(S(C)(=O)=O)cc2)cc1. The molecule has 0 amide bonds. The molecule has 0 saturated carbocycles. The fourth-order valence-corrected chi connectivity index (χ4v) is 3.72. The molecule has 0 radical (unpaired) electrons. The van der Waals surface area contributed by atoms with Crippen LogP contribution in [0.1, 0.15) is 5.69 Å². The van der Waals surface area contributed by atoms with Gasteiger partial charge in [-0.25, -0.2) is 8.42 Å². The van der Waals surface area contributed by atoms with E-state index in [2.05, 4.69) is 41.6 Å². The van der Waals surface area contributed by atoms with Crippen LogP contribution >= 0.6 is 11.8 Å². The van der Waals surface area contributed by atoms with Gasteiger partial charge >= 0.3 is 0 Å². The Kier molecular flexibility index (Phi) is 4.56. The molecule has 5 heteroatoms. The van der Waals surface area contributed by atoms with Gasteiger partial charge in [0.25, 0.3) is 0 Å². The number of benzene rings is 2. The predicted molar refractivity (Wildman–Crippen MR) is 101 cm³/mol. The summed E-state index contributed by atoms with van der Waals surface area (Å²) >= 11 is 1.72. The third kappa shape index (κ3) is 3.42.